The second-order valence-electron chi connectivity index (χ2n) is 8.74. The summed E-state index contributed by atoms with van der Waals surface area (Å²) in [6.07, 6.45) is 2.06. The number of benzene rings is 2. The highest BCUT2D eigenvalue weighted by Gasteiger charge is 2.35. The number of nitrogens with zero attached hydrogens (tertiary/aromatic N) is 2. The van der Waals surface area contributed by atoms with Crippen molar-refractivity contribution < 1.29 is 19.1 Å². The lowest BCUT2D eigenvalue weighted by atomic mass is 10.0. The van der Waals surface area contributed by atoms with Crippen LogP contribution in [0.1, 0.15) is 31.2 Å². The molecule has 2 aliphatic heterocycles. The van der Waals surface area contributed by atoms with Gasteiger partial charge in [-0.3, -0.25) is 14.4 Å². The van der Waals surface area contributed by atoms with Crippen LogP contribution in [-0.2, 0) is 20.9 Å². The normalized spacial score (nSPS) is 18.9. The first kappa shape index (κ1) is 22.8. The lowest BCUT2D eigenvalue weighted by Gasteiger charge is -2.33. The van der Waals surface area contributed by atoms with Crippen molar-refractivity contribution in [2.24, 2.45) is 5.92 Å². The minimum atomic E-state index is -0.309. The Balaban J connectivity index is 1.16. The molecule has 2 aliphatic rings. The summed E-state index contributed by atoms with van der Waals surface area (Å²) >= 11 is 0. The number of rotatable bonds is 8. The van der Waals surface area contributed by atoms with Gasteiger partial charge in [-0.1, -0.05) is 48.5 Å². The van der Waals surface area contributed by atoms with Crippen LogP contribution in [0.5, 0.6) is 5.75 Å². The largest absolute Gasteiger partial charge is 0.493 e. The summed E-state index contributed by atoms with van der Waals surface area (Å²) in [5.41, 5.74) is 1.07. The van der Waals surface area contributed by atoms with Gasteiger partial charge >= 0.3 is 0 Å². The van der Waals surface area contributed by atoms with Gasteiger partial charge in [0.2, 0.25) is 17.7 Å². The third-order valence-corrected chi connectivity index (χ3v) is 6.32. The maximum atomic E-state index is 12.8. The average Bonchev–Trinajstić information content (AvgIpc) is 3.21. The molecule has 0 aromatic heterocycles. The zero-order chi connectivity index (χ0) is 23.0. The number of likely N-dealkylation sites (tertiary alicyclic amines) is 2. The minimum Gasteiger partial charge on any atom is -0.493 e. The van der Waals surface area contributed by atoms with Crippen molar-refractivity contribution in [1.82, 2.24) is 15.1 Å². The van der Waals surface area contributed by atoms with Gasteiger partial charge in [0.15, 0.2) is 0 Å². The third-order valence-electron chi connectivity index (χ3n) is 6.32. The molecule has 0 spiro atoms. The quantitative estimate of drug-likeness (QED) is 0.672. The van der Waals surface area contributed by atoms with E-state index in [-0.39, 0.29) is 36.1 Å². The van der Waals surface area contributed by atoms with E-state index in [4.69, 9.17) is 4.74 Å². The predicted molar refractivity (Wildman–Crippen MR) is 124 cm³/mol. The molecule has 1 unspecified atom stereocenters. The maximum Gasteiger partial charge on any atom is 0.225 e. The zero-order valence-electron chi connectivity index (χ0n) is 18.8. The van der Waals surface area contributed by atoms with Crippen LogP contribution in [0.15, 0.2) is 60.7 Å². The molecule has 1 atom stereocenters. The SMILES string of the molecule is O=C(NC1CCN(C(=O)CCOc2ccccc2)CC1)C1CC(=O)N(Cc2ccccc2)C1. The molecule has 2 fully saturated rings. The van der Waals surface area contributed by atoms with Crippen LogP contribution in [0.3, 0.4) is 0 Å². The van der Waals surface area contributed by atoms with Gasteiger partial charge in [-0.2, -0.15) is 0 Å². The first-order chi connectivity index (χ1) is 16.1. The van der Waals surface area contributed by atoms with E-state index in [1.165, 1.54) is 0 Å². The van der Waals surface area contributed by atoms with Crippen molar-refractivity contribution in [3.8, 4) is 5.75 Å². The van der Waals surface area contributed by atoms with E-state index in [1.807, 2.05) is 65.6 Å². The molecule has 4 rings (SSSR count). The molecular weight excluding hydrogens is 418 g/mol. The number of amides is 3. The molecule has 1 N–H and O–H groups in total. The van der Waals surface area contributed by atoms with E-state index in [1.54, 1.807) is 4.90 Å². The topological polar surface area (TPSA) is 79.0 Å². The van der Waals surface area contributed by atoms with E-state index in [0.717, 1.165) is 24.2 Å². The van der Waals surface area contributed by atoms with Crippen LogP contribution in [0.2, 0.25) is 0 Å². The van der Waals surface area contributed by atoms with Gasteiger partial charge in [-0.05, 0) is 30.5 Å². The second kappa shape index (κ2) is 11.0. The Labute approximate surface area is 194 Å². The fourth-order valence-corrected chi connectivity index (χ4v) is 4.43. The number of nitrogens with one attached hydrogen (secondary N) is 1. The molecule has 2 aromatic carbocycles. The fraction of sp³-hybridized carbons (Fsp3) is 0.423. The van der Waals surface area contributed by atoms with Gasteiger partial charge in [0.25, 0.3) is 0 Å². The molecular formula is C26H31N3O4. The summed E-state index contributed by atoms with van der Waals surface area (Å²) in [5.74, 6) is 0.501. The molecule has 0 saturated carbocycles. The van der Waals surface area contributed by atoms with Crippen molar-refractivity contribution in [1.29, 1.82) is 0 Å². The van der Waals surface area contributed by atoms with Crippen molar-refractivity contribution >= 4 is 17.7 Å². The Morgan fingerprint density at radius 3 is 2.33 bits per heavy atom. The fourth-order valence-electron chi connectivity index (χ4n) is 4.43. The number of hydrogen-bond donors (Lipinski definition) is 1. The van der Waals surface area contributed by atoms with E-state index in [0.29, 0.717) is 39.2 Å². The highest BCUT2D eigenvalue weighted by atomic mass is 16.5. The second-order valence-corrected chi connectivity index (χ2v) is 8.74. The van der Waals surface area contributed by atoms with Crippen molar-refractivity contribution in [2.75, 3.05) is 26.2 Å². The standard InChI is InChI=1S/C26H31N3O4/c30-24(13-16-33-23-9-5-2-6-10-23)28-14-11-22(12-15-28)27-26(32)21-17-25(31)29(19-21)18-20-7-3-1-4-8-20/h1-10,21-22H,11-19H2,(H,27,32). The monoisotopic (exact) mass is 449 g/mol. The number of hydrogen-bond acceptors (Lipinski definition) is 4. The van der Waals surface area contributed by atoms with Gasteiger partial charge in [0, 0.05) is 38.6 Å². The van der Waals surface area contributed by atoms with E-state index < -0.39 is 0 Å². The summed E-state index contributed by atoms with van der Waals surface area (Å²) < 4.78 is 5.62. The van der Waals surface area contributed by atoms with Crippen LogP contribution in [-0.4, -0.2) is 59.8 Å². The summed E-state index contributed by atoms with van der Waals surface area (Å²) in [7, 11) is 0. The third kappa shape index (κ3) is 6.34. The number of piperidine rings is 1. The molecule has 33 heavy (non-hydrogen) atoms. The van der Waals surface area contributed by atoms with Gasteiger partial charge in [-0.15, -0.1) is 0 Å². The van der Waals surface area contributed by atoms with Gasteiger partial charge in [0.1, 0.15) is 5.75 Å². The van der Waals surface area contributed by atoms with E-state index in [2.05, 4.69) is 5.32 Å². The minimum absolute atomic E-state index is 0.0251. The maximum absolute atomic E-state index is 12.8. The van der Waals surface area contributed by atoms with Gasteiger partial charge in [0.05, 0.1) is 18.9 Å². The van der Waals surface area contributed by atoms with Crippen molar-refractivity contribution in [3.05, 3.63) is 66.2 Å². The summed E-state index contributed by atoms with van der Waals surface area (Å²) in [6, 6.07) is 19.3. The molecule has 3 amide bonds. The highest BCUT2D eigenvalue weighted by Crippen LogP contribution is 2.21. The lowest BCUT2D eigenvalue weighted by Crippen LogP contribution is -2.48. The smallest absolute Gasteiger partial charge is 0.225 e. The predicted octanol–water partition coefficient (Wildman–Crippen LogP) is 2.61. The van der Waals surface area contributed by atoms with Crippen molar-refractivity contribution in [3.63, 3.8) is 0 Å². The molecule has 7 nitrogen and oxygen atoms in total. The first-order valence-electron chi connectivity index (χ1n) is 11.7. The average molecular weight is 450 g/mol. The Morgan fingerprint density at radius 1 is 0.970 bits per heavy atom. The lowest BCUT2D eigenvalue weighted by molar-refractivity contribution is -0.133. The highest BCUT2D eigenvalue weighted by molar-refractivity contribution is 5.89. The summed E-state index contributed by atoms with van der Waals surface area (Å²) in [6.45, 7) is 2.60. The molecule has 7 heteroatoms. The summed E-state index contributed by atoms with van der Waals surface area (Å²) in [5, 5.41) is 3.11. The van der Waals surface area contributed by atoms with E-state index >= 15 is 0 Å². The molecule has 0 bridgehead atoms. The molecule has 0 radical (unpaired) electrons. The first-order valence-corrected chi connectivity index (χ1v) is 11.7. The van der Waals surface area contributed by atoms with E-state index in [9.17, 15) is 14.4 Å². The number of ether oxygens (including phenoxy) is 1. The molecule has 0 aliphatic carbocycles. The van der Waals surface area contributed by atoms with Crippen LogP contribution >= 0.6 is 0 Å². The molecule has 2 heterocycles. The van der Waals surface area contributed by atoms with Gasteiger partial charge < -0.3 is 19.9 Å². The zero-order valence-corrected chi connectivity index (χ0v) is 18.8. The van der Waals surface area contributed by atoms with Crippen LogP contribution in [0, 0.1) is 5.92 Å². The Bertz CT molecular complexity index is 943. The Hall–Kier alpha value is -3.35. The van der Waals surface area contributed by atoms with Crippen LogP contribution in [0.25, 0.3) is 0 Å². The van der Waals surface area contributed by atoms with Crippen molar-refractivity contribution in [2.45, 2.75) is 38.3 Å². The Morgan fingerprint density at radius 2 is 1.64 bits per heavy atom. The number of carbonyl (C=O) groups is 3. The molecule has 2 aromatic rings. The molecule has 174 valence electrons. The summed E-state index contributed by atoms with van der Waals surface area (Å²) in [4.78, 5) is 41.2. The number of carbonyl (C=O) groups excluding carboxylic acids is 3. The van der Waals surface area contributed by atoms with Crippen LogP contribution in [0.4, 0.5) is 0 Å². The number of para-hydroxylation sites is 1. The Kier molecular flexibility index (Phi) is 7.60. The van der Waals surface area contributed by atoms with Gasteiger partial charge in [-0.25, -0.2) is 0 Å². The molecule has 2 saturated heterocycles. The van der Waals surface area contributed by atoms with Crippen LogP contribution < -0.4 is 10.1 Å².